The van der Waals surface area contributed by atoms with E-state index in [0.717, 1.165) is 32.1 Å². The van der Waals surface area contributed by atoms with Crippen LogP contribution in [0.3, 0.4) is 0 Å². The highest BCUT2D eigenvalue weighted by atomic mass is 16.7. The van der Waals surface area contributed by atoms with Crippen molar-refractivity contribution in [1.82, 2.24) is 5.32 Å². The maximum Gasteiger partial charge on any atom is 0.514 e. The minimum atomic E-state index is -2.09. The molecule has 11 heteroatoms. The summed E-state index contributed by atoms with van der Waals surface area (Å²) in [6.07, 6.45) is 4.44. The van der Waals surface area contributed by atoms with Crippen molar-refractivity contribution < 1.29 is 48.0 Å². The molecule has 0 aliphatic heterocycles. The average molecular weight is 608 g/mol. The lowest BCUT2D eigenvalue weighted by Gasteiger charge is -2.35. The van der Waals surface area contributed by atoms with Crippen LogP contribution in [0.1, 0.15) is 111 Å². The molecule has 1 aliphatic carbocycles. The fourth-order valence-electron chi connectivity index (χ4n) is 4.99. The number of carbonyl (C=O) groups is 4. The fourth-order valence-corrected chi connectivity index (χ4v) is 4.99. The van der Waals surface area contributed by atoms with Gasteiger partial charge in [0.2, 0.25) is 0 Å². The van der Waals surface area contributed by atoms with Crippen LogP contribution in [-0.4, -0.2) is 53.3 Å². The van der Waals surface area contributed by atoms with Crippen molar-refractivity contribution in [2.45, 2.75) is 136 Å². The summed E-state index contributed by atoms with van der Waals surface area (Å²) < 4.78 is 27.2. The second kappa shape index (κ2) is 17.7. The van der Waals surface area contributed by atoms with Gasteiger partial charge in [0.25, 0.3) is 5.72 Å². The number of aliphatic carboxylic acids is 1. The van der Waals surface area contributed by atoms with Gasteiger partial charge in [0.15, 0.2) is 11.5 Å². The van der Waals surface area contributed by atoms with Crippen LogP contribution >= 0.6 is 0 Å². The van der Waals surface area contributed by atoms with Crippen LogP contribution in [0, 0.1) is 5.92 Å². The quantitative estimate of drug-likeness (QED) is 0.0872. The molecule has 43 heavy (non-hydrogen) atoms. The van der Waals surface area contributed by atoms with Gasteiger partial charge in [0.05, 0.1) is 5.92 Å². The molecule has 0 radical (unpaired) electrons. The van der Waals surface area contributed by atoms with Crippen molar-refractivity contribution in [2.75, 3.05) is 0 Å². The Morgan fingerprint density at radius 1 is 0.884 bits per heavy atom. The highest BCUT2D eigenvalue weighted by molar-refractivity contribution is 5.83. The maximum absolute atomic E-state index is 13.2. The van der Waals surface area contributed by atoms with Gasteiger partial charge < -0.3 is 28.8 Å². The van der Waals surface area contributed by atoms with E-state index in [4.69, 9.17) is 23.7 Å². The zero-order chi connectivity index (χ0) is 32.0. The van der Waals surface area contributed by atoms with E-state index in [1.165, 1.54) is 18.2 Å². The Labute approximate surface area is 254 Å². The van der Waals surface area contributed by atoms with Crippen LogP contribution in [0.25, 0.3) is 0 Å². The smallest absolute Gasteiger partial charge is 0.477 e. The number of esters is 1. The molecule has 1 aliphatic rings. The van der Waals surface area contributed by atoms with Crippen molar-refractivity contribution in [1.29, 1.82) is 0 Å². The molecule has 0 aromatic heterocycles. The Bertz CT molecular complexity index is 1070. The molecule has 2 N–H and O–H groups in total. The van der Waals surface area contributed by atoms with Gasteiger partial charge in [-0.2, -0.15) is 0 Å². The number of nitrogens with one attached hydrogen (secondary N) is 1. The molecule has 2 rings (SSSR count). The fraction of sp³-hybridized carbons (Fsp3) is 0.688. The summed E-state index contributed by atoms with van der Waals surface area (Å²) in [5.74, 6) is -2.59. The van der Waals surface area contributed by atoms with Gasteiger partial charge >= 0.3 is 24.2 Å². The number of rotatable bonds is 16. The van der Waals surface area contributed by atoms with E-state index in [9.17, 15) is 24.3 Å². The van der Waals surface area contributed by atoms with E-state index in [2.05, 4.69) is 5.32 Å². The molecule has 0 saturated heterocycles. The van der Waals surface area contributed by atoms with Gasteiger partial charge in [0, 0.05) is 12.5 Å². The van der Waals surface area contributed by atoms with Gasteiger partial charge in [-0.1, -0.05) is 58.9 Å². The van der Waals surface area contributed by atoms with E-state index in [0.29, 0.717) is 37.7 Å². The van der Waals surface area contributed by atoms with E-state index >= 15 is 0 Å². The molecule has 4 atom stereocenters. The van der Waals surface area contributed by atoms with Gasteiger partial charge in [-0.05, 0) is 70.6 Å². The third kappa shape index (κ3) is 11.7. The predicted molar refractivity (Wildman–Crippen MR) is 159 cm³/mol. The van der Waals surface area contributed by atoms with Crippen LogP contribution < -0.4 is 14.8 Å². The van der Waals surface area contributed by atoms with Crippen LogP contribution in [0.4, 0.5) is 9.59 Å². The largest absolute Gasteiger partial charge is 0.514 e. The average Bonchev–Trinajstić information content (AvgIpc) is 2.94. The highest BCUT2D eigenvalue weighted by Gasteiger charge is 2.45. The zero-order valence-electron chi connectivity index (χ0n) is 26.4. The van der Waals surface area contributed by atoms with Crippen LogP contribution in [0.5, 0.6) is 11.5 Å². The number of benzene rings is 1. The summed E-state index contributed by atoms with van der Waals surface area (Å²) in [6.45, 7) is 11.1. The molecular formula is C32H49NO10. The van der Waals surface area contributed by atoms with Crippen molar-refractivity contribution in [3.05, 3.63) is 23.8 Å². The second-order valence-electron chi connectivity index (χ2n) is 11.4. The number of ether oxygens (including phenoxy) is 5. The first kappa shape index (κ1) is 35.9. The first-order chi connectivity index (χ1) is 20.4. The van der Waals surface area contributed by atoms with E-state index < -0.39 is 36.1 Å². The van der Waals surface area contributed by atoms with E-state index in [1.54, 1.807) is 20.8 Å². The van der Waals surface area contributed by atoms with Crippen molar-refractivity contribution in [3.8, 4) is 11.5 Å². The maximum atomic E-state index is 13.2. The molecule has 3 unspecified atom stereocenters. The molecule has 1 fully saturated rings. The van der Waals surface area contributed by atoms with E-state index in [1.807, 2.05) is 20.8 Å². The van der Waals surface area contributed by atoms with Crippen molar-refractivity contribution >= 4 is 24.2 Å². The third-order valence-electron chi connectivity index (χ3n) is 7.48. The van der Waals surface area contributed by atoms with Crippen molar-refractivity contribution in [3.63, 3.8) is 0 Å². The molecule has 0 bridgehead atoms. The summed E-state index contributed by atoms with van der Waals surface area (Å²) >= 11 is 0. The molecule has 0 heterocycles. The SMILES string of the molecule is CCCC(C)OC(=O)Oc1ccc(C[C@](NC(C)CC)(OC(=O)C2CCCCC2)C(=O)O)cc1OC(=O)OC(C)CCC. The number of hydrogen-bond donors (Lipinski definition) is 2. The zero-order valence-corrected chi connectivity index (χ0v) is 26.4. The third-order valence-corrected chi connectivity index (χ3v) is 7.48. The predicted octanol–water partition coefficient (Wildman–Crippen LogP) is 6.93. The van der Waals surface area contributed by atoms with Crippen molar-refractivity contribution in [2.24, 2.45) is 5.92 Å². The molecule has 1 aromatic rings. The number of carboxylic acids is 1. The monoisotopic (exact) mass is 607 g/mol. The van der Waals surface area contributed by atoms with Gasteiger partial charge in [-0.3, -0.25) is 10.1 Å². The summed E-state index contributed by atoms with van der Waals surface area (Å²) in [5.41, 5.74) is -1.74. The first-order valence-electron chi connectivity index (χ1n) is 15.6. The minimum Gasteiger partial charge on any atom is -0.477 e. The summed E-state index contributed by atoms with van der Waals surface area (Å²) in [4.78, 5) is 51.0. The van der Waals surface area contributed by atoms with Gasteiger partial charge in [0.1, 0.15) is 12.2 Å². The lowest BCUT2D eigenvalue weighted by atomic mass is 9.89. The Kier molecular flexibility index (Phi) is 14.8. The minimum absolute atomic E-state index is 0.118. The number of carboxylic acid groups (broad SMARTS) is 1. The summed E-state index contributed by atoms with van der Waals surface area (Å²) in [6, 6.07) is 3.95. The standard InChI is InChI=1S/C32H49NO10/c1-7-13-22(5)39-30(37)41-26-18-17-24(19-27(26)42-31(38)40-23(6)14-8-2)20-32(29(35)36,33-21(4)9-3)43-28(34)25-15-11-10-12-16-25/h17-19,21-23,25,33H,7-16,20H2,1-6H3,(H,35,36)/t21?,22?,23?,32-/m0/s1. The van der Waals surface area contributed by atoms with Crippen LogP contribution in [0.2, 0.25) is 0 Å². The second-order valence-corrected chi connectivity index (χ2v) is 11.4. The Morgan fingerprint density at radius 3 is 1.95 bits per heavy atom. The van der Waals surface area contributed by atoms with Gasteiger partial charge in [-0.25, -0.2) is 14.4 Å². The normalized spacial score (nSPS) is 17.1. The first-order valence-corrected chi connectivity index (χ1v) is 15.6. The Morgan fingerprint density at radius 2 is 1.44 bits per heavy atom. The number of hydrogen-bond acceptors (Lipinski definition) is 10. The van der Waals surface area contributed by atoms with E-state index in [-0.39, 0.29) is 36.0 Å². The molecule has 242 valence electrons. The lowest BCUT2D eigenvalue weighted by Crippen LogP contribution is -2.60. The molecule has 0 spiro atoms. The lowest BCUT2D eigenvalue weighted by molar-refractivity contribution is -0.188. The molecule has 0 amide bonds. The molecule has 1 aromatic carbocycles. The molecule has 11 nitrogen and oxygen atoms in total. The van der Waals surface area contributed by atoms with Crippen LogP contribution in [-0.2, 0) is 30.2 Å². The molecule has 1 saturated carbocycles. The summed E-state index contributed by atoms with van der Waals surface area (Å²) in [5, 5.41) is 13.4. The number of carbonyl (C=O) groups excluding carboxylic acids is 3. The topological polar surface area (TPSA) is 147 Å². The summed E-state index contributed by atoms with van der Waals surface area (Å²) in [7, 11) is 0. The van der Waals surface area contributed by atoms with Crippen LogP contribution in [0.15, 0.2) is 18.2 Å². The Hall–Kier alpha value is -3.34. The Balaban J connectivity index is 2.43. The van der Waals surface area contributed by atoms with Gasteiger partial charge in [-0.15, -0.1) is 0 Å². The molecular weight excluding hydrogens is 558 g/mol. The highest BCUT2D eigenvalue weighted by Crippen LogP contribution is 2.33.